The standard InChI is InChI=1S/C13H18N2O5S/c1-4-13(3,11(16)17)14-12(18)15-21(19,20)10-7-5-9(2)6-8-10/h5-8H,4H2,1-3H3,(H,16,17)(H2,14,15,18). The molecule has 8 heteroatoms. The number of aryl methyl sites for hydroxylation is 1. The lowest BCUT2D eigenvalue weighted by Gasteiger charge is -2.24. The average Bonchev–Trinajstić information content (AvgIpc) is 2.37. The van der Waals surface area contributed by atoms with Gasteiger partial charge in [-0.2, -0.15) is 0 Å². The maximum absolute atomic E-state index is 12.0. The minimum Gasteiger partial charge on any atom is -0.480 e. The number of carboxylic acids is 1. The highest BCUT2D eigenvalue weighted by atomic mass is 32.2. The van der Waals surface area contributed by atoms with Gasteiger partial charge in [0.05, 0.1) is 4.90 Å². The third-order valence-corrected chi connectivity index (χ3v) is 4.47. The van der Waals surface area contributed by atoms with Gasteiger partial charge in [-0.1, -0.05) is 24.6 Å². The Morgan fingerprint density at radius 2 is 1.76 bits per heavy atom. The SMILES string of the molecule is CCC(C)(NC(=O)NS(=O)(=O)c1ccc(C)cc1)C(=O)O. The average molecular weight is 314 g/mol. The lowest BCUT2D eigenvalue weighted by Crippen LogP contribution is -2.55. The zero-order valence-corrected chi connectivity index (χ0v) is 12.8. The number of nitrogens with one attached hydrogen (secondary N) is 2. The molecular formula is C13H18N2O5S. The van der Waals surface area contributed by atoms with E-state index in [9.17, 15) is 18.0 Å². The van der Waals surface area contributed by atoms with E-state index in [0.717, 1.165) is 5.56 Å². The smallest absolute Gasteiger partial charge is 0.329 e. The Morgan fingerprint density at radius 1 is 1.24 bits per heavy atom. The topological polar surface area (TPSA) is 113 Å². The van der Waals surface area contributed by atoms with Crippen molar-refractivity contribution in [2.24, 2.45) is 0 Å². The fraction of sp³-hybridized carbons (Fsp3) is 0.385. The van der Waals surface area contributed by atoms with Crippen LogP contribution in [0, 0.1) is 6.92 Å². The maximum atomic E-state index is 12.0. The summed E-state index contributed by atoms with van der Waals surface area (Å²) >= 11 is 0. The van der Waals surface area contributed by atoms with Crippen LogP contribution in [-0.2, 0) is 14.8 Å². The second-order valence-electron chi connectivity index (χ2n) is 4.86. The van der Waals surface area contributed by atoms with E-state index >= 15 is 0 Å². The quantitative estimate of drug-likeness (QED) is 0.757. The van der Waals surface area contributed by atoms with Crippen LogP contribution >= 0.6 is 0 Å². The van der Waals surface area contributed by atoms with Crippen LogP contribution < -0.4 is 10.0 Å². The largest absolute Gasteiger partial charge is 0.480 e. The first-order valence-electron chi connectivity index (χ1n) is 6.26. The number of hydrogen-bond donors (Lipinski definition) is 3. The number of rotatable bonds is 5. The van der Waals surface area contributed by atoms with Gasteiger partial charge in [0.15, 0.2) is 0 Å². The van der Waals surface area contributed by atoms with Crippen molar-refractivity contribution in [1.29, 1.82) is 0 Å². The number of carboxylic acid groups (broad SMARTS) is 1. The van der Waals surface area contributed by atoms with Gasteiger partial charge in [-0.05, 0) is 32.4 Å². The highest BCUT2D eigenvalue weighted by molar-refractivity contribution is 7.90. The summed E-state index contributed by atoms with van der Waals surface area (Å²) in [5, 5.41) is 11.2. The van der Waals surface area contributed by atoms with Crippen LogP contribution in [0.1, 0.15) is 25.8 Å². The van der Waals surface area contributed by atoms with Crippen LogP contribution in [0.3, 0.4) is 0 Å². The van der Waals surface area contributed by atoms with Gasteiger partial charge < -0.3 is 10.4 Å². The van der Waals surface area contributed by atoms with Gasteiger partial charge in [-0.25, -0.2) is 22.7 Å². The van der Waals surface area contributed by atoms with Crippen LogP contribution in [0.25, 0.3) is 0 Å². The third kappa shape index (κ3) is 4.19. The van der Waals surface area contributed by atoms with Gasteiger partial charge >= 0.3 is 12.0 Å². The Labute approximate surface area is 123 Å². The number of urea groups is 1. The molecule has 0 aromatic heterocycles. The molecule has 0 saturated carbocycles. The Kier molecular flexibility index (Phi) is 4.95. The number of sulfonamides is 1. The Hall–Kier alpha value is -2.09. The van der Waals surface area contributed by atoms with Crippen molar-refractivity contribution < 1.29 is 23.1 Å². The van der Waals surface area contributed by atoms with Crippen molar-refractivity contribution in [3.05, 3.63) is 29.8 Å². The third-order valence-electron chi connectivity index (χ3n) is 3.13. The Balaban J connectivity index is 2.87. The molecule has 1 aromatic rings. The molecule has 116 valence electrons. The molecule has 7 nitrogen and oxygen atoms in total. The van der Waals surface area contributed by atoms with Gasteiger partial charge in [0.2, 0.25) is 0 Å². The first kappa shape index (κ1) is 17.0. The van der Waals surface area contributed by atoms with Crippen LogP contribution in [0.5, 0.6) is 0 Å². The predicted molar refractivity (Wildman–Crippen MR) is 76.4 cm³/mol. The molecule has 0 aliphatic rings. The molecule has 0 spiro atoms. The number of benzene rings is 1. The molecule has 3 N–H and O–H groups in total. The van der Waals surface area contributed by atoms with E-state index in [1.165, 1.54) is 19.1 Å². The van der Waals surface area contributed by atoms with Gasteiger partial charge in [-0.15, -0.1) is 0 Å². The molecule has 1 aromatic carbocycles. The highest BCUT2D eigenvalue weighted by Gasteiger charge is 2.33. The monoisotopic (exact) mass is 314 g/mol. The second kappa shape index (κ2) is 6.13. The first-order chi connectivity index (χ1) is 9.60. The molecule has 2 amide bonds. The lowest BCUT2D eigenvalue weighted by atomic mass is 10.00. The number of carbonyl (C=O) groups is 2. The Bertz CT molecular complexity index is 639. The zero-order chi connectivity index (χ0) is 16.3. The molecule has 0 bridgehead atoms. The molecular weight excluding hydrogens is 296 g/mol. The predicted octanol–water partition coefficient (Wildman–Crippen LogP) is 1.24. The van der Waals surface area contributed by atoms with Crippen LogP contribution in [0.4, 0.5) is 4.79 Å². The summed E-state index contributed by atoms with van der Waals surface area (Å²) in [6, 6.07) is 4.84. The number of amides is 2. The van der Waals surface area contributed by atoms with E-state index in [4.69, 9.17) is 5.11 Å². The van der Waals surface area contributed by atoms with Crippen molar-refractivity contribution >= 4 is 22.0 Å². The normalized spacial score (nSPS) is 14.0. The molecule has 0 heterocycles. The molecule has 1 unspecified atom stereocenters. The first-order valence-corrected chi connectivity index (χ1v) is 7.74. The van der Waals surface area contributed by atoms with Crippen molar-refractivity contribution in [2.45, 2.75) is 37.6 Å². The van der Waals surface area contributed by atoms with Crippen molar-refractivity contribution in [2.75, 3.05) is 0 Å². The van der Waals surface area contributed by atoms with Gasteiger partial charge in [-0.3, -0.25) is 0 Å². The fourth-order valence-corrected chi connectivity index (χ4v) is 2.37. The minimum atomic E-state index is -4.04. The number of carbonyl (C=O) groups excluding carboxylic acids is 1. The lowest BCUT2D eigenvalue weighted by molar-refractivity contribution is -0.143. The van der Waals surface area contributed by atoms with Crippen LogP contribution in [0.15, 0.2) is 29.2 Å². The van der Waals surface area contributed by atoms with Crippen LogP contribution in [0.2, 0.25) is 0 Å². The van der Waals surface area contributed by atoms with Gasteiger partial charge in [0, 0.05) is 0 Å². The van der Waals surface area contributed by atoms with E-state index < -0.39 is 27.6 Å². The molecule has 0 fully saturated rings. The van der Waals surface area contributed by atoms with E-state index in [0.29, 0.717) is 0 Å². The summed E-state index contributed by atoms with van der Waals surface area (Å²) in [4.78, 5) is 22.7. The van der Waals surface area contributed by atoms with E-state index in [1.54, 1.807) is 30.7 Å². The number of hydrogen-bond acceptors (Lipinski definition) is 4. The highest BCUT2D eigenvalue weighted by Crippen LogP contribution is 2.11. The summed E-state index contributed by atoms with van der Waals surface area (Å²) in [6.45, 7) is 4.67. The summed E-state index contributed by atoms with van der Waals surface area (Å²) in [5.74, 6) is -1.24. The minimum absolute atomic E-state index is 0.0724. The molecule has 1 atom stereocenters. The van der Waals surface area contributed by atoms with Crippen molar-refractivity contribution in [3.8, 4) is 0 Å². The summed E-state index contributed by atoms with van der Waals surface area (Å²) in [6.07, 6.45) is 0.111. The van der Waals surface area contributed by atoms with Gasteiger partial charge in [0.1, 0.15) is 5.54 Å². The molecule has 0 radical (unpaired) electrons. The zero-order valence-electron chi connectivity index (χ0n) is 12.0. The molecule has 1 rings (SSSR count). The van der Waals surface area contributed by atoms with Crippen LogP contribution in [-0.4, -0.2) is 31.1 Å². The van der Waals surface area contributed by atoms with E-state index in [2.05, 4.69) is 5.32 Å². The fourth-order valence-electron chi connectivity index (χ4n) is 1.47. The summed E-state index contributed by atoms with van der Waals surface area (Å²) < 4.78 is 25.8. The van der Waals surface area contributed by atoms with E-state index in [1.807, 2.05) is 0 Å². The maximum Gasteiger partial charge on any atom is 0.329 e. The van der Waals surface area contributed by atoms with E-state index in [-0.39, 0.29) is 11.3 Å². The van der Waals surface area contributed by atoms with Crippen molar-refractivity contribution in [3.63, 3.8) is 0 Å². The molecule has 21 heavy (non-hydrogen) atoms. The molecule has 0 saturated heterocycles. The number of aliphatic carboxylic acids is 1. The molecule has 0 aliphatic heterocycles. The summed E-state index contributed by atoms with van der Waals surface area (Å²) in [5.41, 5.74) is -0.657. The summed E-state index contributed by atoms with van der Waals surface area (Å²) in [7, 11) is -4.04. The molecule has 0 aliphatic carbocycles. The van der Waals surface area contributed by atoms with Gasteiger partial charge in [0.25, 0.3) is 10.0 Å². The Morgan fingerprint density at radius 3 is 2.19 bits per heavy atom. The van der Waals surface area contributed by atoms with Crippen molar-refractivity contribution in [1.82, 2.24) is 10.0 Å². The second-order valence-corrected chi connectivity index (χ2v) is 6.55.